The van der Waals surface area contributed by atoms with Crippen molar-refractivity contribution in [2.75, 3.05) is 19.6 Å². The Morgan fingerprint density at radius 3 is 2.44 bits per heavy atom. The van der Waals surface area contributed by atoms with Gasteiger partial charge in [-0.1, -0.05) is 20.8 Å². The molecule has 0 radical (unpaired) electrons. The van der Waals surface area contributed by atoms with Gasteiger partial charge in [-0.3, -0.25) is 0 Å². The molecule has 3 nitrogen and oxygen atoms in total. The van der Waals surface area contributed by atoms with E-state index in [4.69, 9.17) is 5.73 Å². The van der Waals surface area contributed by atoms with E-state index in [1.54, 1.807) is 0 Å². The van der Waals surface area contributed by atoms with Crippen LogP contribution in [0.25, 0.3) is 0 Å². The molecule has 3 atom stereocenters. The van der Waals surface area contributed by atoms with Crippen molar-refractivity contribution in [3.63, 3.8) is 0 Å². The Morgan fingerprint density at radius 1 is 1.22 bits per heavy atom. The first-order valence-electron chi connectivity index (χ1n) is 7.50. The van der Waals surface area contributed by atoms with Crippen LogP contribution in [0.2, 0.25) is 0 Å². The third-order valence-corrected chi connectivity index (χ3v) is 4.41. The van der Waals surface area contributed by atoms with Gasteiger partial charge in [-0.25, -0.2) is 0 Å². The zero-order chi connectivity index (χ0) is 13.3. The second kappa shape index (κ2) is 5.48. The summed E-state index contributed by atoms with van der Waals surface area (Å²) in [6.45, 7) is 9.76. The maximum atomic E-state index is 10.2. The van der Waals surface area contributed by atoms with Gasteiger partial charge in [0.1, 0.15) is 0 Å². The predicted octanol–water partition coefficient (Wildman–Crippen LogP) is 1.84. The summed E-state index contributed by atoms with van der Waals surface area (Å²) >= 11 is 0. The zero-order valence-electron chi connectivity index (χ0n) is 12.2. The van der Waals surface area contributed by atoms with E-state index in [9.17, 15) is 5.11 Å². The minimum absolute atomic E-state index is 0.0110. The second-order valence-electron chi connectivity index (χ2n) is 7.64. The molecule has 0 aromatic carbocycles. The van der Waals surface area contributed by atoms with Crippen molar-refractivity contribution in [1.29, 1.82) is 0 Å². The van der Waals surface area contributed by atoms with Gasteiger partial charge in [0, 0.05) is 25.7 Å². The first kappa shape index (κ1) is 14.3. The van der Waals surface area contributed by atoms with Crippen molar-refractivity contribution in [3.05, 3.63) is 0 Å². The highest BCUT2D eigenvalue weighted by atomic mass is 16.3. The average Bonchev–Trinajstić information content (AvgIpc) is 2.98. The molecule has 3 N–H and O–H groups in total. The van der Waals surface area contributed by atoms with Crippen molar-refractivity contribution in [3.8, 4) is 0 Å². The van der Waals surface area contributed by atoms with E-state index in [1.165, 1.54) is 19.4 Å². The number of aliphatic hydroxyl groups is 1. The molecule has 2 rings (SSSR count). The fourth-order valence-corrected chi connectivity index (χ4v) is 3.00. The summed E-state index contributed by atoms with van der Waals surface area (Å²) in [6, 6.07) is 0.301. The minimum Gasteiger partial charge on any atom is -0.393 e. The van der Waals surface area contributed by atoms with Gasteiger partial charge < -0.3 is 15.7 Å². The van der Waals surface area contributed by atoms with Gasteiger partial charge in [0.05, 0.1) is 6.10 Å². The highest BCUT2D eigenvalue weighted by Crippen LogP contribution is 2.33. The summed E-state index contributed by atoms with van der Waals surface area (Å²) in [5.74, 6) is 1.50. The lowest BCUT2D eigenvalue weighted by Crippen LogP contribution is -2.48. The summed E-state index contributed by atoms with van der Waals surface area (Å²) in [6.07, 6.45) is 4.57. The minimum atomic E-state index is -0.212. The lowest BCUT2D eigenvalue weighted by atomic mass is 9.80. The Bertz CT molecular complexity index is 268. The zero-order valence-corrected chi connectivity index (χ0v) is 12.2. The van der Waals surface area contributed by atoms with Crippen LogP contribution in [0, 0.1) is 17.3 Å². The fourth-order valence-electron chi connectivity index (χ4n) is 3.00. The molecule has 3 heteroatoms. The van der Waals surface area contributed by atoms with E-state index in [0.717, 1.165) is 31.8 Å². The number of hydrogen-bond acceptors (Lipinski definition) is 3. The van der Waals surface area contributed by atoms with Crippen LogP contribution in [0.4, 0.5) is 0 Å². The van der Waals surface area contributed by atoms with E-state index in [2.05, 4.69) is 25.7 Å². The maximum Gasteiger partial charge on any atom is 0.0591 e. The van der Waals surface area contributed by atoms with Crippen molar-refractivity contribution in [2.24, 2.45) is 23.0 Å². The molecule has 1 aliphatic carbocycles. The second-order valence-corrected chi connectivity index (χ2v) is 7.64. The summed E-state index contributed by atoms with van der Waals surface area (Å²) in [7, 11) is 0. The van der Waals surface area contributed by atoms with Gasteiger partial charge in [-0.15, -0.1) is 0 Å². The number of likely N-dealkylation sites (tertiary alicyclic amines) is 1. The number of aliphatic hydroxyl groups excluding tert-OH is 1. The average molecular weight is 254 g/mol. The lowest BCUT2D eigenvalue weighted by Gasteiger charge is -2.39. The molecule has 1 saturated heterocycles. The van der Waals surface area contributed by atoms with E-state index in [-0.39, 0.29) is 11.5 Å². The summed E-state index contributed by atoms with van der Waals surface area (Å²) in [5, 5.41) is 10.2. The van der Waals surface area contributed by atoms with Crippen LogP contribution >= 0.6 is 0 Å². The van der Waals surface area contributed by atoms with E-state index in [1.807, 2.05) is 0 Å². The van der Waals surface area contributed by atoms with Crippen molar-refractivity contribution in [2.45, 2.75) is 58.6 Å². The van der Waals surface area contributed by atoms with Crippen LogP contribution in [0.5, 0.6) is 0 Å². The van der Waals surface area contributed by atoms with E-state index >= 15 is 0 Å². The third kappa shape index (κ3) is 4.22. The molecule has 3 unspecified atom stereocenters. The highest BCUT2D eigenvalue weighted by Gasteiger charge is 2.33. The standard InChI is InChI=1S/C15H30N2O/c1-15(2,3)14(18)7-12-6-13(16)10-17(9-12)8-11-4-5-11/h11-14,18H,4-10,16H2,1-3H3. The largest absolute Gasteiger partial charge is 0.393 e. The van der Waals surface area contributed by atoms with Crippen molar-refractivity contribution < 1.29 is 5.11 Å². The molecule has 0 aromatic heterocycles. The summed E-state index contributed by atoms with van der Waals surface area (Å²) in [5.41, 5.74) is 6.16. The van der Waals surface area contributed by atoms with Gasteiger partial charge >= 0.3 is 0 Å². The van der Waals surface area contributed by atoms with Gasteiger partial charge in [0.25, 0.3) is 0 Å². The molecule has 1 heterocycles. The molecule has 106 valence electrons. The quantitative estimate of drug-likeness (QED) is 0.805. The number of rotatable bonds is 4. The number of hydrogen-bond donors (Lipinski definition) is 2. The monoisotopic (exact) mass is 254 g/mol. The molecule has 0 amide bonds. The molecule has 0 aromatic rings. The number of nitrogens with two attached hydrogens (primary N) is 1. The number of piperidine rings is 1. The normalized spacial score (nSPS) is 32.5. The Balaban J connectivity index is 1.83. The van der Waals surface area contributed by atoms with Gasteiger partial charge in [-0.05, 0) is 42.9 Å². The Labute approximate surface area is 112 Å². The smallest absolute Gasteiger partial charge is 0.0591 e. The molecule has 0 bridgehead atoms. The van der Waals surface area contributed by atoms with Crippen molar-refractivity contribution >= 4 is 0 Å². The summed E-state index contributed by atoms with van der Waals surface area (Å²) < 4.78 is 0. The third-order valence-electron chi connectivity index (χ3n) is 4.41. The first-order chi connectivity index (χ1) is 8.34. The molecule has 18 heavy (non-hydrogen) atoms. The van der Waals surface area contributed by atoms with Crippen LogP contribution in [0.15, 0.2) is 0 Å². The molecule has 1 saturated carbocycles. The Morgan fingerprint density at radius 2 is 1.89 bits per heavy atom. The van der Waals surface area contributed by atoms with Crippen LogP contribution in [-0.4, -0.2) is 41.8 Å². The lowest BCUT2D eigenvalue weighted by molar-refractivity contribution is 0.0237. The van der Waals surface area contributed by atoms with Crippen molar-refractivity contribution in [1.82, 2.24) is 4.90 Å². The molecule has 0 spiro atoms. The summed E-state index contributed by atoms with van der Waals surface area (Å²) in [4.78, 5) is 2.53. The highest BCUT2D eigenvalue weighted by molar-refractivity contribution is 4.87. The van der Waals surface area contributed by atoms with E-state index < -0.39 is 0 Å². The Hall–Kier alpha value is -0.120. The van der Waals surface area contributed by atoms with E-state index in [0.29, 0.717) is 12.0 Å². The maximum absolute atomic E-state index is 10.2. The molecular formula is C15H30N2O. The van der Waals surface area contributed by atoms with Gasteiger partial charge in [0.2, 0.25) is 0 Å². The van der Waals surface area contributed by atoms with Crippen LogP contribution in [0.3, 0.4) is 0 Å². The number of nitrogens with zero attached hydrogens (tertiary/aromatic N) is 1. The SMILES string of the molecule is CC(C)(C)C(O)CC1CC(N)CN(CC2CC2)C1. The predicted molar refractivity (Wildman–Crippen MR) is 75.3 cm³/mol. The fraction of sp³-hybridized carbons (Fsp3) is 1.00. The van der Waals surface area contributed by atoms with Crippen LogP contribution in [0.1, 0.15) is 46.5 Å². The van der Waals surface area contributed by atoms with Gasteiger partial charge in [0.15, 0.2) is 0 Å². The van der Waals surface area contributed by atoms with Gasteiger partial charge in [-0.2, -0.15) is 0 Å². The Kier molecular flexibility index (Phi) is 4.35. The molecular weight excluding hydrogens is 224 g/mol. The first-order valence-corrected chi connectivity index (χ1v) is 7.50. The molecule has 1 aliphatic heterocycles. The molecule has 2 fully saturated rings. The van der Waals surface area contributed by atoms with Crippen LogP contribution < -0.4 is 5.73 Å². The topological polar surface area (TPSA) is 49.5 Å². The molecule has 2 aliphatic rings. The van der Waals surface area contributed by atoms with Crippen LogP contribution in [-0.2, 0) is 0 Å².